The maximum Gasteiger partial charge on any atom is 0.254 e. The molecule has 0 spiro atoms. The number of carbonyl (C=O) groups is 1. The third-order valence-corrected chi connectivity index (χ3v) is 6.17. The number of benzene rings is 2. The zero-order chi connectivity index (χ0) is 22.8. The third-order valence-electron chi connectivity index (χ3n) is 6.17. The van der Waals surface area contributed by atoms with E-state index >= 15 is 0 Å². The molecule has 0 bridgehead atoms. The molecular formula is C26H28N4O3. The first kappa shape index (κ1) is 21.2. The molecule has 33 heavy (non-hydrogen) atoms. The van der Waals surface area contributed by atoms with Crippen molar-refractivity contribution in [3.63, 3.8) is 0 Å². The van der Waals surface area contributed by atoms with Crippen molar-refractivity contribution in [3.8, 4) is 22.6 Å². The van der Waals surface area contributed by atoms with Crippen molar-refractivity contribution in [1.29, 1.82) is 0 Å². The fraction of sp³-hybridized carbons (Fsp3) is 0.346. The Hall–Kier alpha value is -3.61. The van der Waals surface area contributed by atoms with Crippen LogP contribution in [0, 0.1) is 0 Å². The van der Waals surface area contributed by atoms with Crippen LogP contribution in [-0.4, -0.2) is 61.2 Å². The SMILES string of the molecule is CN(C)c1ncc(-c2ccccc2)c([C@H]2CCCN(C(=O)c3ccc4c(c3)OCCO4)C2)n1. The second kappa shape index (κ2) is 9.10. The lowest BCUT2D eigenvalue weighted by Gasteiger charge is -2.33. The van der Waals surface area contributed by atoms with Crippen LogP contribution >= 0.6 is 0 Å². The smallest absolute Gasteiger partial charge is 0.254 e. The summed E-state index contributed by atoms with van der Waals surface area (Å²) in [6, 6.07) is 15.7. The van der Waals surface area contributed by atoms with E-state index in [1.165, 1.54) is 0 Å². The molecule has 0 aliphatic carbocycles. The van der Waals surface area contributed by atoms with E-state index in [1.54, 1.807) is 6.07 Å². The van der Waals surface area contributed by atoms with E-state index in [-0.39, 0.29) is 11.8 Å². The molecule has 3 aromatic rings. The minimum Gasteiger partial charge on any atom is -0.486 e. The number of likely N-dealkylation sites (tertiary alicyclic amines) is 1. The Balaban J connectivity index is 1.44. The Morgan fingerprint density at radius 1 is 1.06 bits per heavy atom. The summed E-state index contributed by atoms with van der Waals surface area (Å²) in [7, 11) is 3.89. The van der Waals surface area contributed by atoms with Gasteiger partial charge in [-0.25, -0.2) is 9.97 Å². The summed E-state index contributed by atoms with van der Waals surface area (Å²) in [6.07, 6.45) is 3.82. The van der Waals surface area contributed by atoms with Crippen molar-refractivity contribution in [1.82, 2.24) is 14.9 Å². The molecule has 5 rings (SSSR count). The number of piperidine rings is 1. The van der Waals surface area contributed by atoms with E-state index in [0.717, 1.165) is 36.2 Å². The highest BCUT2D eigenvalue weighted by Gasteiger charge is 2.29. The van der Waals surface area contributed by atoms with Crippen LogP contribution in [0.15, 0.2) is 54.7 Å². The van der Waals surface area contributed by atoms with Crippen molar-refractivity contribution in [3.05, 3.63) is 66.0 Å². The molecule has 1 saturated heterocycles. The van der Waals surface area contributed by atoms with Gasteiger partial charge >= 0.3 is 0 Å². The van der Waals surface area contributed by atoms with Gasteiger partial charge in [0.2, 0.25) is 5.95 Å². The van der Waals surface area contributed by atoms with E-state index in [0.29, 0.717) is 42.8 Å². The number of anilines is 1. The fourth-order valence-corrected chi connectivity index (χ4v) is 4.50. The Labute approximate surface area is 194 Å². The van der Waals surface area contributed by atoms with Gasteiger partial charge in [-0.2, -0.15) is 0 Å². The van der Waals surface area contributed by atoms with Gasteiger partial charge in [0.05, 0.1) is 5.69 Å². The van der Waals surface area contributed by atoms with Gasteiger partial charge in [0.1, 0.15) is 13.2 Å². The molecule has 0 radical (unpaired) electrons. The molecule has 170 valence electrons. The van der Waals surface area contributed by atoms with Crippen molar-refractivity contribution < 1.29 is 14.3 Å². The number of ether oxygens (including phenoxy) is 2. The van der Waals surface area contributed by atoms with Crippen LogP contribution in [-0.2, 0) is 0 Å². The minimum absolute atomic E-state index is 0.0137. The maximum absolute atomic E-state index is 13.4. The number of hydrogen-bond acceptors (Lipinski definition) is 6. The van der Waals surface area contributed by atoms with E-state index < -0.39 is 0 Å². The van der Waals surface area contributed by atoms with Crippen molar-refractivity contribution in [2.24, 2.45) is 0 Å². The van der Waals surface area contributed by atoms with Crippen LogP contribution in [0.3, 0.4) is 0 Å². The third kappa shape index (κ3) is 4.35. The van der Waals surface area contributed by atoms with E-state index in [4.69, 9.17) is 14.5 Å². The average molecular weight is 445 g/mol. The quantitative estimate of drug-likeness (QED) is 0.606. The molecule has 1 amide bonds. The van der Waals surface area contributed by atoms with Crippen LogP contribution in [0.25, 0.3) is 11.1 Å². The number of carbonyl (C=O) groups excluding carboxylic acids is 1. The topological polar surface area (TPSA) is 67.8 Å². The Morgan fingerprint density at radius 3 is 2.64 bits per heavy atom. The fourth-order valence-electron chi connectivity index (χ4n) is 4.50. The lowest BCUT2D eigenvalue weighted by Crippen LogP contribution is -2.39. The first-order chi connectivity index (χ1) is 16.1. The van der Waals surface area contributed by atoms with Gasteiger partial charge in [-0.1, -0.05) is 30.3 Å². The first-order valence-electron chi connectivity index (χ1n) is 11.4. The second-order valence-electron chi connectivity index (χ2n) is 8.68. The minimum atomic E-state index is 0.0137. The Kier molecular flexibility index (Phi) is 5.86. The lowest BCUT2D eigenvalue weighted by molar-refractivity contribution is 0.0705. The van der Waals surface area contributed by atoms with Crippen LogP contribution in [0.5, 0.6) is 11.5 Å². The number of amides is 1. The molecule has 0 saturated carbocycles. The summed E-state index contributed by atoms with van der Waals surface area (Å²) < 4.78 is 11.3. The van der Waals surface area contributed by atoms with Crippen LogP contribution in [0.1, 0.15) is 34.8 Å². The summed E-state index contributed by atoms with van der Waals surface area (Å²) in [5.74, 6) is 2.16. The van der Waals surface area contributed by atoms with Gasteiger partial charge in [-0.15, -0.1) is 0 Å². The normalized spacial score (nSPS) is 17.5. The molecule has 1 fully saturated rings. The zero-order valence-corrected chi connectivity index (χ0v) is 19.0. The van der Waals surface area contributed by atoms with Gasteiger partial charge in [-0.3, -0.25) is 4.79 Å². The molecule has 1 aromatic heterocycles. The van der Waals surface area contributed by atoms with E-state index in [1.807, 2.05) is 60.4 Å². The molecule has 3 heterocycles. The van der Waals surface area contributed by atoms with Gasteiger partial charge in [0.25, 0.3) is 5.91 Å². The van der Waals surface area contributed by atoms with Gasteiger partial charge < -0.3 is 19.3 Å². The molecule has 7 nitrogen and oxygen atoms in total. The standard InChI is InChI=1S/C26H28N4O3/c1-29(2)26-27-16-21(18-7-4-3-5-8-18)24(28-26)20-9-6-12-30(17-20)25(31)19-10-11-22-23(15-19)33-14-13-32-22/h3-5,7-8,10-11,15-16,20H,6,9,12-14,17H2,1-2H3/t20-/m0/s1. The predicted octanol–water partition coefficient (Wildman–Crippen LogP) is 4.00. The number of hydrogen-bond donors (Lipinski definition) is 0. The van der Waals surface area contributed by atoms with Crippen molar-refractivity contribution in [2.75, 3.05) is 45.3 Å². The van der Waals surface area contributed by atoms with Gasteiger partial charge in [-0.05, 0) is 36.6 Å². The highest BCUT2D eigenvalue weighted by atomic mass is 16.6. The number of fused-ring (bicyclic) bond motifs is 1. The van der Waals surface area contributed by atoms with Gasteiger partial charge in [0.15, 0.2) is 11.5 Å². The molecule has 1 atom stereocenters. The second-order valence-corrected chi connectivity index (χ2v) is 8.68. The van der Waals surface area contributed by atoms with Crippen molar-refractivity contribution >= 4 is 11.9 Å². The summed E-state index contributed by atoms with van der Waals surface area (Å²) >= 11 is 0. The summed E-state index contributed by atoms with van der Waals surface area (Å²) in [5, 5.41) is 0. The predicted molar refractivity (Wildman–Crippen MR) is 127 cm³/mol. The molecule has 7 heteroatoms. The lowest BCUT2D eigenvalue weighted by atomic mass is 9.89. The number of rotatable bonds is 4. The van der Waals surface area contributed by atoms with Crippen molar-refractivity contribution in [2.45, 2.75) is 18.8 Å². The molecule has 2 aliphatic heterocycles. The zero-order valence-electron chi connectivity index (χ0n) is 19.0. The van der Waals surface area contributed by atoms with Crippen LogP contribution in [0.2, 0.25) is 0 Å². The molecule has 0 N–H and O–H groups in total. The van der Waals surface area contributed by atoms with Crippen LogP contribution in [0.4, 0.5) is 5.95 Å². The Bertz CT molecular complexity index is 1150. The highest BCUT2D eigenvalue weighted by molar-refractivity contribution is 5.95. The summed E-state index contributed by atoms with van der Waals surface area (Å²) in [6.45, 7) is 2.39. The highest BCUT2D eigenvalue weighted by Crippen LogP contribution is 2.35. The Morgan fingerprint density at radius 2 is 1.85 bits per heavy atom. The van der Waals surface area contributed by atoms with E-state index in [2.05, 4.69) is 17.1 Å². The summed E-state index contributed by atoms with van der Waals surface area (Å²) in [5.41, 5.74) is 3.74. The molecule has 2 aliphatic rings. The molecule has 2 aromatic carbocycles. The largest absolute Gasteiger partial charge is 0.486 e. The average Bonchev–Trinajstić information content (AvgIpc) is 2.88. The van der Waals surface area contributed by atoms with Crippen LogP contribution < -0.4 is 14.4 Å². The van der Waals surface area contributed by atoms with Gasteiger partial charge in [0, 0.05) is 50.4 Å². The molecular weight excluding hydrogens is 416 g/mol. The summed E-state index contributed by atoms with van der Waals surface area (Å²) in [4.78, 5) is 26.7. The molecule has 0 unspecified atom stereocenters. The maximum atomic E-state index is 13.4. The number of nitrogens with zero attached hydrogens (tertiary/aromatic N) is 4. The first-order valence-corrected chi connectivity index (χ1v) is 11.4. The number of aromatic nitrogens is 2. The van der Waals surface area contributed by atoms with E-state index in [9.17, 15) is 4.79 Å². The monoisotopic (exact) mass is 444 g/mol.